The second-order valence-electron chi connectivity index (χ2n) is 3.80. The molecular weight excluding hydrogens is 258 g/mol. The second kappa shape index (κ2) is 3.85. The molecule has 1 unspecified atom stereocenters. The number of nitrogens with zero attached hydrogens (tertiary/aromatic N) is 1. The Labute approximate surface area is 97.2 Å². The highest BCUT2D eigenvalue weighted by Crippen LogP contribution is 2.31. The predicted molar refractivity (Wildman–Crippen MR) is 61.0 cm³/mol. The summed E-state index contributed by atoms with van der Waals surface area (Å²) in [4.78, 5) is 13.2. The number of fused-ring (bicyclic) bond motifs is 1. The van der Waals surface area contributed by atoms with Gasteiger partial charge >= 0.3 is 0 Å². The second-order valence-corrected chi connectivity index (χ2v) is 4.71. The SMILES string of the molecule is CN(C)C(=O)C1Cc2cc(Br)ccc2O1. The monoisotopic (exact) mass is 269 g/mol. The van der Waals surface area contributed by atoms with Crippen LogP contribution in [0.25, 0.3) is 0 Å². The first-order valence-electron chi connectivity index (χ1n) is 4.74. The zero-order valence-corrected chi connectivity index (χ0v) is 10.2. The summed E-state index contributed by atoms with van der Waals surface area (Å²) >= 11 is 3.40. The average molecular weight is 270 g/mol. The third-order valence-electron chi connectivity index (χ3n) is 2.41. The Morgan fingerprint density at radius 2 is 2.27 bits per heavy atom. The smallest absolute Gasteiger partial charge is 0.263 e. The molecule has 1 aliphatic rings. The van der Waals surface area contributed by atoms with Crippen molar-refractivity contribution in [1.29, 1.82) is 0 Å². The van der Waals surface area contributed by atoms with E-state index in [2.05, 4.69) is 15.9 Å². The summed E-state index contributed by atoms with van der Waals surface area (Å²) in [6.45, 7) is 0. The lowest BCUT2D eigenvalue weighted by Crippen LogP contribution is -2.36. The fraction of sp³-hybridized carbons (Fsp3) is 0.364. The van der Waals surface area contributed by atoms with Gasteiger partial charge in [0.05, 0.1) is 0 Å². The average Bonchev–Trinajstić information content (AvgIpc) is 2.58. The van der Waals surface area contributed by atoms with E-state index in [1.54, 1.807) is 19.0 Å². The molecule has 0 bridgehead atoms. The Balaban J connectivity index is 2.19. The molecule has 3 nitrogen and oxygen atoms in total. The normalized spacial score (nSPS) is 18.2. The number of carbonyl (C=O) groups excluding carboxylic acids is 1. The number of carbonyl (C=O) groups is 1. The van der Waals surface area contributed by atoms with Gasteiger partial charge in [0, 0.05) is 25.0 Å². The lowest BCUT2D eigenvalue weighted by atomic mass is 10.1. The van der Waals surface area contributed by atoms with E-state index < -0.39 is 0 Å². The van der Waals surface area contributed by atoms with Crippen molar-refractivity contribution in [3.63, 3.8) is 0 Å². The number of halogens is 1. The van der Waals surface area contributed by atoms with E-state index in [4.69, 9.17) is 4.74 Å². The number of hydrogen-bond acceptors (Lipinski definition) is 2. The van der Waals surface area contributed by atoms with Gasteiger partial charge in [0.1, 0.15) is 5.75 Å². The van der Waals surface area contributed by atoms with Gasteiger partial charge in [-0.05, 0) is 23.8 Å². The predicted octanol–water partition coefficient (Wildman–Crippen LogP) is 1.84. The lowest BCUT2D eigenvalue weighted by molar-refractivity contribution is -0.135. The van der Waals surface area contributed by atoms with Crippen molar-refractivity contribution in [2.75, 3.05) is 14.1 Å². The van der Waals surface area contributed by atoms with Crippen LogP contribution in [0.1, 0.15) is 5.56 Å². The summed E-state index contributed by atoms with van der Waals surface area (Å²) in [5.74, 6) is 0.834. The van der Waals surface area contributed by atoms with Crippen LogP contribution in [0, 0.1) is 0 Å². The summed E-state index contributed by atoms with van der Waals surface area (Å²) < 4.78 is 6.59. The number of ether oxygens (including phenoxy) is 1. The maximum absolute atomic E-state index is 11.7. The molecule has 4 heteroatoms. The van der Waals surface area contributed by atoms with Crippen molar-refractivity contribution in [2.45, 2.75) is 12.5 Å². The molecule has 0 N–H and O–H groups in total. The van der Waals surface area contributed by atoms with Gasteiger partial charge in [0.15, 0.2) is 6.10 Å². The number of amides is 1. The molecule has 0 radical (unpaired) electrons. The van der Waals surface area contributed by atoms with Crippen molar-refractivity contribution in [2.24, 2.45) is 0 Å². The third kappa shape index (κ3) is 2.00. The molecule has 0 saturated heterocycles. The van der Waals surface area contributed by atoms with Crippen LogP contribution < -0.4 is 4.74 Å². The third-order valence-corrected chi connectivity index (χ3v) is 2.91. The van der Waals surface area contributed by atoms with Crippen LogP contribution in [0.2, 0.25) is 0 Å². The first-order valence-corrected chi connectivity index (χ1v) is 5.53. The summed E-state index contributed by atoms with van der Waals surface area (Å²) in [6, 6.07) is 5.81. The highest BCUT2D eigenvalue weighted by Gasteiger charge is 2.29. The maximum Gasteiger partial charge on any atom is 0.263 e. The molecule has 2 rings (SSSR count). The van der Waals surface area contributed by atoms with Gasteiger partial charge in [0.2, 0.25) is 0 Å². The van der Waals surface area contributed by atoms with E-state index in [1.807, 2.05) is 18.2 Å². The Hall–Kier alpha value is -1.03. The highest BCUT2D eigenvalue weighted by atomic mass is 79.9. The molecule has 80 valence electrons. The molecule has 15 heavy (non-hydrogen) atoms. The van der Waals surface area contributed by atoms with Crippen LogP contribution in [0.4, 0.5) is 0 Å². The fourth-order valence-corrected chi connectivity index (χ4v) is 2.05. The standard InChI is InChI=1S/C11H12BrNO2/c1-13(2)11(14)10-6-7-5-8(12)3-4-9(7)15-10/h3-5,10H,6H2,1-2H3. The van der Waals surface area contributed by atoms with Gasteiger partial charge in [0.25, 0.3) is 5.91 Å². The van der Waals surface area contributed by atoms with E-state index in [0.717, 1.165) is 15.8 Å². The van der Waals surface area contributed by atoms with Gasteiger partial charge in [-0.1, -0.05) is 15.9 Å². The molecule has 0 spiro atoms. The zero-order valence-electron chi connectivity index (χ0n) is 8.66. The molecule has 1 atom stereocenters. The molecule has 1 aromatic carbocycles. The van der Waals surface area contributed by atoms with E-state index in [9.17, 15) is 4.79 Å². The maximum atomic E-state index is 11.7. The van der Waals surface area contributed by atoms with Gasteiger partial charge in [-0.3, -0.25) is 4.79 Å². The number of likely N-dealkylation sites (N-methyl/N-ethyl adjacent to an activating group) is 1. The molecule has 0 aliphatic carbocycles. The zero-order chi connectivity index (χ0) is 11.0. The molecule has 0 aromatic heterocycles. The first kappa shape index (κ1) is 10.5. The Bertz CT molecular complexity index is 404. The van der Waals surface area contributed by atoms with Gasteiger partial charge in [-0.25, -0.2) is 0 Å². The Morgan fingerprint density at radius 1 is 1.53 bits per heavy atom. The molecule has 1 aliphatic heterocycles. The van der Waals surface area contributed by atoms with E-state index in [0.29, 0.717) is 6.42 Å². The summed E-state index contributed by atoms with van der Waals surface area (Å²) in [7, 11) is 3.48. The number of benzene rings is 1. The van der Waals surface area contributed by atoms with E-state index >= 15 is 0 Å². The molecule has 1 amide bonds. The lowest BCUT2D eigenvalue weighted by Gasteiger charge is -2.15. The van der Waals surface area contributed by atoms with Crippen LogP contribution in [-0.2, 0) is 11.2 Å². The van der Waals surface area contributed by atoms with Crippen molar-refractivity contribution < 1.29 is 9.53 Å². The Kier molecular flexibility index (Phi) is 2.69. The van der Waals surface area contributed by atoms with Crippen LogP contribution in [0.3, 0.4) is 0 Å². The quantitative estimate of drug-likeness (QED) is 0.779. The summed E-state index contributed by atoms with van der Waals surface area (Å²) in [6.07, 6.45) is 0.301. The minimum Gasteiger partial charge on any atom is -0.480 e. The molecular formula is C11H12BrNO2. The topological polar surface area (TPSA) is 29.5 Å². The van der Waals surface area contributed by atoms with Crippen LogP contribution in [-0.4, -0.2) is 31.0 Å². The Morgan fingerprint density at radius 3 is 2.93 bits per heavy atom. The number of rotatable bonds is 1. The molecule has 1 aromatic rings. The van der Waals surface area contributed by atoms with Crippen molar-refractivity contribution in [1.82, 2.24) is 4.90 Å². The minimum atomic E-state index is -0.357. The highest BCUT2D eigenvalue weighted by molar-refractivity contribution is 9.10. The summed E-state index contributed by atoms with van der Waals surface area (Å²) in [5, 5.41) is 0. The first-order chi connectivity index (χ1) is 7.08. The number of hydrogen-bond donors (Lipinski definition) is 0. The van der Waals surface area contributed by atoms with Crippen molar-refractivity contribution in [3.8, 4) is 5.75 Å². The summed E-state index contributed by atoms with van der Waals surface area (Å²) in [5.41, 5.74) is 1.09. The van der Waals surface area contributed by atoms with Gasteiger partial charge in [-0.2, -0.15) is 0 Å². The van der Waals surface area contributed by atoms with Crippen LogP contribution in [0.15, 0.2) is 22.7 Å². The van der Waals surface area contributed by atoms with E-state index in [-0.39, 0.29) is 12.0 Å². The minimum absolute atomic E-state index is 0.0160. The van der Waals surface area contributed by atoms with Crippen molar-refractivity contribution >= 4 is 21.8 Å². The van der Waals surface area contributed by atoms with E-state index in [1.165, 1.54) is 0 Å². The van der Waals surface area contributed by atoms with Crippen molar-refractivity contribution in [3.05, 3.63) is 28.2 Å². The van der Waals surface area contributed by atoms with Gasteiger partial charge in [-0.15, -0.1) is 0 Å². The van der Waals surface area contributed by atoms with Crippen LogP contribution >= 0.6 is 15.9 Å². The molecule has 0 fully saturated rings. The molecule has 0 saturated carbocycles. The van der Waals surface area contributed by atoms with Gasteiger partial charge < -0.3 is 9.64 Å². The largest absolute Gasteiger partial charge is 0.480 e. The van der Waals surface area contributed by atoms with Crippen LogP contribution in [0.5, 0.6) is 5.75 Å². The fourth-order valence-electron chi connectivity index (χ4n) is 1.64. The molecule has 1 heterocycles.